The second kappa shape index (κ2) is 3.78. The predicted molar refractivity (Wildman–Crippen MR) is 62.3 cm³/mol. The summed E-state index contributed by atoms with van der Waals surface area (Å²) >= 11 is 0. The van der Waals surface area contributed by atoms with Crippen LogP contribution in [0.3, 0.4) is 0 Å². The SMILES string of the molecule is Nc1c(-c2ccco2)nc2ccc(C(F)(F)F)cn12. The molecule has 3 rings (SSSR count). The van der Waals surface area contributed by atoms with Crippen molar-refractivity contribution in [2.24, 2.45) is 0 Å². The molecule has 0 aromatic carbocycles. The Balaban J connectivity index is 2.22. The molecule has 3 aromatic heterocycles. The van der Waals surface area contributed by atoms with Crippen molar-refractivity contribution in [3.05, 3.63) is 42.3 Å². The van der Waals surface area contributed by atoms with E-state index in [1.807, 2.05) is 0 Å². The quantitative estimate of drug-likeness (QED) is 0.736. The van der Waals surface area contributed by atoms with E-state index in [4.69, 9.17) is 10.2 Å². The Labute approximate surface area is 105 Å². The first-order valence-electron chi connectivity index (χ1n) is 5.35. The number of alkyl halides is 3. The average Bonchev–Trinajstić information content (AvgIpc) is 2.96. The molecule has 98 valence electrons. The number of furan rings is 1. The number of hydrogen-bond acceptors (Lipinski definition) is 3. The fourth-order valence-electron chi connectivity index (χ4n) is 1.83. The van der Waals surface area contributed by atoms with E-state index in [-0.39, 0.29) is 5.82 Å². The van der Waals surface area contributed by atoms with E-state index in [0.29, 0.717) is 17.1 Å². The van der Waals surface area contributed by atoms with Crippen molar-refractivity contribution in [1.82, 2.24) is 9.38 Å². The number of nitrogens with zero attached hydrogens (tertiary/aromatic N) is 2. The third-order valence-electron chi connectivity index (χ3n) is 2.74. The maximum absolute atomic E-state index is 12.6. The van der Waals surface area contributed by atoms with Gasteiger partial charge >= 0.3 is 6.18 Å². The number of anilines is 1. The smallest absolute Gasteiger partial charge is 0.417 e. The Kier molecular flexibility index (Phi) is 2.31. The first-order chi connectivity index (χ1) is 8.97. The Hall–Kier alpha value is -2.44. The minimum absolute atomic E-state index is 0.107. The minimum atomic E-state index is -4.42. The lowest BCUT2D eigenvalue weighted by molar-refractivity contribution is -0.137. The molecule has 0 aliphatic heterocycles. The molecule has 0 radical (unpaired) electrons. The third kappa shape index (κ3) is 1.83. The van der Waals surface area contributed by atoms with Crippen molar-refractivity contribution in [3.63, 3.8) is 0 Å². The van der Waals surface area contributed by atoms with E-state index in [0.717, 1.165) is 12.3 Å². The Bertz CT molecular complexity index is 729. The van der Waals surface area contributed by atoms with Crippen molar-refractivity contribution in [2.75, 3.05) is 5.73 Å². The van der Waals surface area contributed by atoms with Gasteiger partial charge in [0.1, 0.15) is 17.2 Å². The molecule has 3 aromatic rings. The average molecular weight is 267 g/mol. The molecule has 4 nitrogen and oxygen atoms in total. The van der Waals surface area contributed by atoms with Gasteiger partial charge in [0.15, 0.2) is 5.76 Å². The van der Waals surface area contributed by atoms with Crippen molar-refractivity contribution >= 4 is 11.5 Å². The van der Waals surface area contributed by atoms with Gasteiger partial charge in [0.25, 0.3) is 0 Å². The van der Waals surface area contributed by atoms with E-state index in [1.54, 1.807) is 12.1 Å². The summed E-state index contributed by atoms with van der Waals surface area (Å²) in [6.07, 6.45) is -2.06. The van der Waals surface area contributed by atoms with E-state index in [9.17, 15) is 13.2 Å². The summed E-state index contributed by atoms with van der Waals surface area (Å²) in [7, 11) is 0. The van der Waals surface area contributed by atoms with Gasteiger partial charge in [0.05, 0.1) is 11.8 Å². The maximum Gasteiger partial charge on any atom is 0.417 e. The predicted octanol–water partition coefficient (Wildman–Crippen LogP) is 3.20. The molecule has 19 heavy (non-hydrogen) atoms. The number of rotatable bonds is 1. The van der Waals surface area contributed by atoms with Crippen LogP contribution in [0.4, 0.5) is 19.0 Å². The number of fused-ring (bicyclic) bond motifs is 1. The molecule has 3 heterocycles. The summed E-state index contributed by atoms with van der Waals surface area (Å²) in [5.41, 5.74) is 5.69. The van der Waals surface area contributed by atoms with Crippen LogP contribution < -0.4 is 5.73 Å². The number of halogens is 3. The summed E-state index contributed by atoms with van der Waals surface area (Å²) in [5, 5.41) is 0. The highest BCUT2D eigenvalue weighted by molar-refractivity contribution is 5.71. The molecule has 0 unspecified atom stereocenters. The highest BCUT2D eigenvalue weighted by atomic mass is 19.4. The largest absolute Gasteiger partial charge is 0.463 e. The van der Waals surface area contributed by atoms with Gasteiger partial charge in [-0.25, -0.2) is 4.98 Å². The topological polar surface area (TPSA) is 56.5 Å². The lowest BCUT2D eigenvalue weighted by atomic mass is 10.3. The first-order valence-corrected chi connectivity index (χ1v) is 5.35. The van der Waals surface area contributed by atoms with E-state index in [2.05, 4.69) is 4.98 Å². The standard InChI is InChI=1S/C12H8F3N3O/c13-12(14,15)7-3-4-9-17-10(8-2-1-5-19-8)11(16)18(9)6-7/h1-6H,16H2. The summed E-state index contributed by atoms with van der Waals surface area (Å²) in [4.78, 5) is 4.15. The highest BCUT2D eigenvalue weighted by Crippen LogP contribution is 2.32. The van der Waals surface area contributed by atoms with Crippen LogP contribution in [0, 0.1) is 0 Å². The molecule has 0 saturated carbocycles. The normalized spacial score (nSPS) is 12.2. The van der Waals surface area contributed by atoms with Gasteiger partial charge in [-0.05, 0) is 24.3 Å². The zero-order chi connectivity index (χ0) is 13.6. The van der Waals surface area contributed by atoms with Gasteiger partial charge in [-0.15, -0.1) is 0 Å². The van der Waals surface area contributed by atoms with Crippen LogP contribution in [0.15, 0.2) is 41.1 Å². The number of nitrogens with two attached hydrogens (primary N) is 1. The van der Waals surface area contributed by atoms with Crippen molar-refractivity contribution in [2.45, 2.75) is 6.18 Å². The zero-order valence-corrected chi connectivity index (χ0v) is 9.48. The molecule has 0 bridgehead atoms. The third-order valence-corrected chi connectivity index (χ3v) is 2.74. The van der Waals surface area contributed by atoms with Crippen molar-refractivity contribution in [1.29, 1.82) is 0 Å². The zero-order valence-electron chi connectivity index (χ0n) is 9.48. The van der Waals surface area contributed by atoms with Crippen LogP contribution in [-0.2, 0) is 6.18 Å². The Morgan fingerprint density at radius 2 is 2.00 bits per heavy atom. The molecular weight excluding hydrogens is 259 g/mol. The van der Waals surface area contributed by atoms with Crippen LogP contribution >= 0.6 is 0 Å². The maximum atomic E-state index is 12.6. The number of aromatic nitrogens is 2. The van der Waals surface area contributed by atoms with Crippen LogP contribution in [0.2, 0.25) is 0 Å². The molecular formula is C12H8F3N3O. The Morgan fingerprint density at radius 1 is 1.21 bits per heavy atom. The van der Waals surface area contributed by atoms with E-state index in [1.165, 1.54) is 16.7 Å². The van der Waals surface area contributed by atoms with Crippen molar-refractivity contribution in [3.8, 4) is 11.5 Å². The number of nitrogen functional groups attached to an aromatic ring is 1. The number of pyridine rings is 1. The highest BCUT2D eigenvalue weighted by Gasteiger charge is 2.31. The number of imidazole rings is 1. The molecule has 7 heteroatoms. The van der Waals surface area contributed by atoms with Gasteiger partial charge in [-0.2, -0.15) is 13.2 Å². The molecule has 0 saturated heterocycles. The lowest BCUT2D eigenvalue weighted by Crippen LogP contribution is -2.06. The fourth-order valence-corrected chi connectivity index (χ4v) is 1.83. The van der Waals surface area contributed by atoms with Gasteiger partial charge < -0.3 is 10.2 Å². The molecule has 0 fully saturated rings. The summed E-state index contributed by atoms with van der Waals surface area (Å²) < 4.78 is 44.2. The fraction of sp³-hybridized carbons (Fsp3) is 0.0833. The van der Waals surface area contributed by atoms with E-state index < -0.39 is 11.7 Å². The molecule has 0 aliphatic rings. The molecule has 0 spiro atoms. The molecule has 0 aliphatic carbocycles. The van der Waals surface area contributed by atoms with Crippen molar-refractivity contribution < 1.29 is 17.6 Å². The van der Waals surface area contributed by atoms with Crippen LogP contribution in [0.25, 0.3) is 17.1 Å². The van der Waals surface area contributed by atoms with Gasteiger partial charge in [0, 0.05) is 6.20 Å². The number of hydrogen-bond donors (Lipinski definition) is 1. The monoisotopic (exact) mass is 267 g/mol. The molecule has 2 N–H and O–H groups in total. The second-order valence-electron chi connectivity index (χ2n) is 3.97. The van der Waals surface area contributed by atoms with Crippen LogP contribution in [0.1, 0.15) is 5.56 Å². The summed E-state index contributed by atoms with van der Waals surface area (Å²) in [6.45, 7) is 0. The van der Waals surface area contributed by atoms with Gasteiger partial charge in [-0.3, -0.25) is 4.40 Å². The summed E-state index contributed by atoms with van der Waals surface area (Å²) in [5.74, 6) is 0.519. The van der Waals surface area contributed by atoms with E-state index >= 15 is 0 Å². The molecule has 0 amide bonds. The lowest BCUT2D eigenvalue weighted by Gasteiger charge is -2.06. The van der Waals surface area contributed by atoms with Crippen LogP contribution in [0.5, 0.6) is 0 Å². The minimum Gasteiger partial charge on any atom is -0.463 e. The van der Waals surface area contributed by atoms with Gasteiger partial charge in [-0.1, -0.05) is 0 Å². The second-order valence-corrected chi connectivity index (χ2v) is 3.97. The summed E-state index contributed by atoms with van der Waals surface area (Å²) in [6, 6.07) is 5.53. The van der Waals surface area contributed by atoms with Crippen LogP contribution in [-0.4, -0.2) is 9.38 Å². The molecule has 0 atom stereocenters. The van der Waals surface area contributed by atoms with Gasteiger partial charge in [0.2, 0.25) is 0 Å². The Morgan fingerprint density at radius 3 is 2.63 bits per heavy atom. The first kappa shape index (κ1) is 11.6.